The number of anilines is 2. The number of aryl methyl sites for hydroxylation is 1. The van der Waals surface area contributed by atoms with Crippen LogP contribution in [-0.4, -0.2) is 19.2 Å². The Morgan fingerprint density at radius 3 is 2.32 bits per heavy atom. The predicted octanol–water partition coefficient (Wildman–Crippen LogP) is 6.20. The quantitative estimate of drug-likeness (QED) is 0.213. The van der Waals surface area contributed by atoms with Gasteiger partial charge in [-0.25, -0.2) is 8.42 Å². The number of amides is 1. The van der Waals surface area contributed by atoms with Gasteiger partial charge in [0.2, 0.25) is 0 Å². The molecule has 0 atom stereocenters. The lowest BCUT2D eigenvalue weighted by Gasteiger charge is -2.26. The van der Waals surface area contributed by atoms with E-state index in [2.05, 4.69) is 5.32 Å². The number of rotatable bonds is 8. The average molecular weight is 536 g/mol. The summed E-state index contributed by atoms with van der Waals surface area (Å²) in [7, 11) is -3.93. The van der Waals surface area contributed by atoms with Gasteiger partial charge in [0.15, 0.2) is 0 Å². The van der Waals surface area contributed by atoms with Crippen molar-refractivity contribution in [3.05, 3.63) is 129 Å². The Kier molecular flexibility index (Phi) is 7.56. The van der Waals surface area contributed by atoms with Gasteiger partial charge in [0, 0.05) is 28.4 Å². The van der Waals surface area contributed by atoms with E-state index in [1.54, 1.807) is 73.7 Å². The molecule has 0 spiro atoms. The zero-order chi connectivity index (χ0) is 26.6. The molecule has 0 fully saturated rings. The summed E-state index contributed by atoms with van der Waals surface area (Å²) in [5.74, 6) is -0.452. The van der Waals surface area contributed by atoms with Gasteiger partial charge < -0.3 is 5.32 Å². The lowest BCUT2D eigenvalue weighted by atomic mass is 10.1. The number of non-ortho nitro benzene ring substituents is 1. The van der Waals surface area contributed by atoms with Crippen molar-refractivity contribution in [2.45, 2.75) is 18.4 Å². The molecule has 10 heteroatoms. The highest BCUT2D eigenvalue weighted by Gasteiger charge is 2.26. The van der Waals surface area contributed by atoms with Crippen LogP contribution in [0.5, 0.6) is 0 Å². The summed E-state index contributed by atoms with van der Waals surface area (Å²) in [6.07, 6.45) is 0. The first-order valence-electron chi connectivity index (χ1n) is 11.1. The topological polar surface area (TPSA) is 110 Å². The van der Waals surface area contributed by atoms with E-state index in [-0.39, 0.29) is 17.1 Å². The summed E-state index contributed by atoms with van der Waals surface area (Å²) >= 11 is 6.21. The molecule has 0 saturated carbocycles. The van der Waals surface area contributed by atoms with Crippen molar-refractivity contribution >= 4 is 44.6 Å². The third-order valence-electron chi connectivity index (χ3n) is 5.63. The predicted molar refractivity (Wildman–Crippen MR) is 143 cm³/mol. The largest absolute Gasteiger partial charge is 0.322 e. The van der Waals surface area contributed by atoms with Crippen LogP contribution in [0.25, 0.3) is 0 Å². The number of nitro benzene ring substituents is 1. The van der Waals surface area contributed by atoms with E-state index in [1.807, 2.05) is 0 Å². The number of carbonyl (C=O) groups excluding carboxylic acids is 1. The van der Waals surface area contributed by atoms with Gasteiger partial charge in [0.25, 0.3) is 21.6 Å². The summed E-state index contributed by atoms with van der Waals surface area (Å²) in [6.45, 7) is 1.81. The summed E-state index contributed by atoms with van der Waals surface area (Å²) in [5, 5.41) is 14.0. The van der Waals surface area contributed by atoms with Crippen molar-refractivity contribution in [2.24, 2.45) is 0 Å². The summed E-state index contributed by atoms with van der Waals surface area (Å²) in [6, 6.07) is 25.3. The van der Waals surface area contributed by atoms with Gasteiger partial charge in [0.1, 0.15) is 0 Å². The Morgan fingerprint density at radius 2 is 1.65 bits per heavy atom. The van der Waals surface area contributed by atoms with E-state index in [4.69, 9.17) is 11.6 Å². The van der Waals surface area contributed by atoms with Crippen LogP contribution < -0.4 is 9.62 Å². The van der Waals surface area contributed by atoms with Crippen LogP contribution in [0.15, 0.2) is 102 Å². The minimum Gasteiger partial charge on any atom is -0.322 e. The molecule has 0 heterocycles. The maximum atomic E-state index is 13.6. The van der Waals surface area contributed by atoms with E-state index < -0.39 is 20.9 Å². The number of sulfonamides is 1. The van der Waals surface area contributed by atoms with Crippen LogP contribution in [0.3, 0.4) is 0 Å². The van der Waals surface area contributed by atoms with Gasteiger partial charge >= 0.3 is 0 Å². The smallest absolute Gasteiger partial charge is 0.271 e. The summed E-state index contributed by atoms with van der Waals surface area (Å²) in [4.78, 5) is 23.3. The van der Waals surface area contributed by atoms with E-state index in [9.17, 15) is 23.3 Å². The molecule has 4 aromatic rings. The highest BCUT2D eigenvalue weighted by molar-refractivity contribution is 7.92. The van der Waals surface area contributed by atoms with Gasteiger partial charge in [-0.05, 0) is 60.5 Å². The van der Waals surface area contributed by atoms with Crippen molar-refractivity contribution in [3.63, 3.8) is 0 Å². The number of hydrogen-bond acceptors (Lipinski definition) is 5. The highest BCUT2D eigenvalue weighted by Crippen LogP contribution is 2.31. The Morgan fingerprint density at radius 1 is 0.946 bits per heavy atom. The van der Waals surface area contributed by atoms with Gasteiger partial charge in [-0.2, -0.15) is 0 Å². The van der Waals surface area contributed by atoms with Gasteiger partial charge in [-0.3, -0.25) is 19.2 Å². The molecule has 0 aliphatic rings. The van der Waals surface area contributed by atoms with Crippen LogP contribution in [0, 0.1) is 17.0 Å². The molecule has 0 aliphatic carbocycles. The van der Waals surface area contributed by atoms with Crippen molar-refractivity contribution in [1.29, 1.82) is 0 Å². The third-order valence-corrected chi connectivity index (χ3v) is 7.64. The Hall–Kier alpha value is -4.21. The highest BCUT2D eigenvalue weighted by atomic mass is 35.5. The minimum atomic E-state index is -3.93. The molecule has 37 heavy (non-hydrogen) atoms. The molecule has 1 amide bonds. The van der Waals surface area contributed by atoms with Gasteiger partial charge in [-0.1, -0.05) is 54.1 Å². The van der Waals surface area contributed by atoms with Crippen LogP contribution in [0.4, 0.5) is 17.1 Å². The molecule has 0 saturated heterocycles. The SMILES string of the molecule is Cc1ccc(Cl)cc1N(Cc1ccc(C(=O)Nc2cccc([N+](=O)[O-])c2)cc1)S(=O)(=O)c1ccccc1. The maximum absolute atomic E-state index is 13.6. The van der Waals surface area contributed by atoms with Crippen molar-refractivity contribution < 1.29 is 18.1 Å². The first-order chi connectivity index (χ1) is 17.6. The first kappa shape index (κ1) is 25.9. The molecule has 1 N–H and O–H groups in total. The lowest BCUT2D eigenvalue weighted by molar-refractivity contribution is -0.384. The lowest BCUT2D eigenvalue weighted by Crippen LogP contribution is -2.31. The first-order valence-corrected chi connectivity index (χ1v) is 13.0. The van der Waals surface area contributed by atoms with Gasteiger partial charge in [0.05, 0.1) is 22.1 Å². The Balaban J connectivity index is 1.61. The Bertz CT molecular complexity index is 1560. The second-order valence-corrected chi connectivity index (χ2v) is 10.5. The molecular weight excluding hydrogens is 514 g/mol. The molecule has 0 bridgehead atoms. The fourth-order valence-electron chi connectivity index (χ4n) is 3.70. The van der Waals surface area contributed by atoms with Crippen molar-refractivity contribution in [2.75, 3.05) is 9.62 Å². The summed E-state index contributed by atoms with van der Waals surface area (Å²) < 4.78 is 28.5. The summed E-state index contributed by atoms with van der Waals surface area (Å²) in [5.41, 5.74) is 2.29. The molecule has 0 aromatic heterocycles. The minimum absolute atomic E-state index is 0.00515. The van der Waals surface area contributed by atoms with E-state index in [0.29, 0.717) is 27.5 Å². The fraction of sp³-hybridized carbons (Fsp3) is 0.0741. The number of halogens is 1. The fourth-order valence-corrected chi connectivity index (χ4v) is 5.39. The van der Waals surface area contributed by atoms with Crippen LogP contribution in [-0.2, 0) is 16.6 Å². The average Bonchev–Trinajstić information content (AvgIpc) is 2.89. The second-order valence-electron chi connectivity index (χ2n) is 8.21. The van der Waals surface area contributed by atoms with E-state index >= 15 is 0 Å². The van der Waals surface area contributed by atoms with Crippen LogP contribution in [0.1, 0.15) is 21.5 Å². The number of carbonyl (C=O) groups is 1. The molecule has 0 aliphatic heterocycles. The number of benzene rings is 4. The second kappa shape index (κ2) is 10.8. The zero-order valence-corrected chi connectivity index (χ0v) is 21.2. The molecular formula is C27H22ClN3O5S. The van der Waals surface area contributed by atoms with Crippen molar-refractivity contribution in [3.8, 4) is 0 Å². The van der Waals surface area contributed by atoms with Crippen molar-refractivity contribution in [1.82, 2.24) is 0 Å². The van der Waals surface area contributed by atoms with E-state index in [1.165, 1.54) is 34.6 Å². The van der Waals surface area contributed by atoms with Gasteiger partial charge in [-0.15, -0.1) is 0 Å². The molecule has 4 rings (SSSR count). The molecule has 0 unspecified atom stereocenters. The number of nitrogens with zero attached hydrogens (tertiary/aromatic N) is 2. The standard InChI is InChI=1S/C27H22ClN3O5S/c1-19-10-15-22(28)16-26(19)30(37(35,36)25-8-3-2-4-9-25)18-20-11-13-21(14-12-20)27(32)29-23-6-5-7-24(17-23)31(33)34/h2-17H,18H2,1H3,(H,29,32). The third kappa shape index (κ3) is 5.96. The number of hydrogen-bond donors (Lipinski definition) is 1. The normalized spacial score (nSPS) is 11.1. The van der Waals surface area contributed by atoms with Crippen LogP contribution >= 0.6 is 11.6 Å². The molecule has 188 valence electrons. The molecule has 4 aromatic carbocycles. The van der Waals surface area contributed by atoms with Crippen LogP contribution in [0.2, 0.25) is 5.02 Å². The monoisotopic (exact) mass is 535 g/mol. The maximum Gasteiger partial charge on any atom is 0.271 e. The number of nitro groups is 1. The number of nitrogens with one attached hydrogen (secondary N) is 1. The molecule has 8 nitrogen and oxygen atoms in total. The molecule has 0 radical (unpaired) electrons. The zero-order valence-electron chi connectivity index (χ0n) is 19.7. The Labute approximate surface area is 219 Å². The van der Waals surface area contributed by atoms with E-state index in [0.717, 1.165) is 5.56 Å².